The zero-order chi connectivity index (χ0) is 32.5. The van der Waals surface area contributed by atoms with Crippen LogP contribution in [0.25, 0.3) is 0 Å². The summed E-state index contributed by atoms with van der Waals surface area (Å²) >= 11 is 4.86. The standard InChI is InChI=1S/C5H11O2P.C4H9OP.C3H7OP.CH2ClOP.5CH3OP.9CH4/c1-2-3-4-5-7-8-6;1-4(2,3)6-5;1-2-3-5-4;2-1-4-3;5*1-3-2;;;;;;;;;/h2-5H2,1H3;1-3H3;2-3H2,1H3;1H2;5*1H3;9*1H4. The molecular weight excluding hydrogens is 799 g/mol. The van der Waals surface area contributed by atoms with Crippen molar-refractivity contribution in [2.24, 2.45) is 0 Å². The molecule has 0 aliphatic rings. The van der Waals surface area contributed by atoms with Crippen molar-refractivity contribution in [3.63, 3.8) is 0 Å². The van der Waals surface area contributed by atoms with Crippen LogP contribution < -0.4 is 0 Å². The zero-order valence-electron chi connectivity index (χ0n) is 23.9. The summed E-state index contributed by atoms with van der Waals surface area (Å²) in [5.74, 6) is 0. The van der Waals surface area contributed by atoms with Gasteiger partial charge >= 0.3 is 8.69 Å². The Morgan fingerprint density at radius 2 is 0.745 bits per heavy atom. The highest BCUT2D eigenvalue weighted by atomic mass is 35.5. The van der Waals surface area contributed by atoms with Gasteiger partial charge < -0.3 is 0 Å². The summed E-state index contributed by atoms with van der Waals surface area (Å²) in [4.78, 5) is 0. The molecule has 0 aromatic heterocycles. The normalized spacial score (nSPS) is 7.21. The van der Waals surface area contributed by atoms with Gasteiger partial charge in [-0.2, -0.15) is 0 Å². The molecule has 20 heteroatoms. The van der Waals surface area contributed by atoms with Crippen LogP contribution in [-0.4, -0.2) is 56.9 Å². The minimum Gasteiger partial charge on any atom is -0.294 e. The van der Waals surface area contributed by atoms with Gasteiger partial charge in [-0.1, -0.05) is 93.5 Å². The first kappa shape index (κ1) is 118. The average Bonchev–Trinajstić information content (AvgIpc) is 2.85. The summed E-state index contributed by atoms with van der Waals surface area (Å²) < 4.78 is 87.3. The van der Waals surface area contributed by atoms with Crippen molar-refractivity contribution in [1.29, 1.82) is 0 Å². The van der Waals surface area contributed by atoms with Gasteiger partial charge in [0.25, 0.3) is 0 Å². The lowest BCUT2D eigenvalue weighted by molar-refractivity contribution is 0.330. The highest BCUT2D eigenvalue weighted by Crippen LogP contribution is 2.18. The third-order valence-corrected chi connectivity index (χ3v) is 3.39. The Kier molecular flexibility index (Phi) is 431. The Hall–Kier alpha value is 1.15. The van der Waals surface area contributed by atoms with E-state index in [0.29, 0.717) is 6.61 Å². The van der Waals surface area contributed by atoms with Gasteiger partial charge in [-0.05, 0) is 33.6 Å². The number of alkyl halides is 1. The molecule has 47 heavy (non-hydrogen) atoms. The number of unbranched alkanes of at least 4 members (excludes halogenated alkanes) is 2. The predicted octanol–water partition coefficient (Wildman–Crippen LogP) is 17.9. The van der Waals surface area contributed by atoms with Crippen molar-refractivity contribution in [2.45, 2.75) is 132 Å². The van der Waals surface area contributed by atoms with Crippen molar-refractivity contribution in [1.82, 2.24) is 0 Å². The van der Waals surface area contributed by atoms with E-state index in [9.17, 15) is 13.7 Å². The van der Waals surface area contributed by atoms with Crippen LogP contribution in [0.5, 0.6) is 0 Å². The molecule has 0 aliphatic carbocycles. The van der Waals surface area contributed by atoms with Crippen LogP contribution >= 0.6 is 88.0 Å². The summed E-state index contributed by atoms with van der Waals surface area (Å²) in [5, 5.41) is -0.0417. The molecule has 0 spiro atoms. The molecule has 0 aliphatic heterocycles. The Labute approximate surface area is 316 Å². The number of hydrogen-bond acceptors (Lipinski definition) is 10. The maximum absolute atomic E-state index is 9.92. The Balaban J connectivity index is -0.0000000126. The lowest BCUT2D eigenvalue weighted by Crippen LogP contribution is -1.99. The van der Waals surface area contributed by atoms with E-state index in [0.717, 1.165) is 25.4 Å². The van der Waals surface area contributed by atoms with Crippen molar-refractivity contribution in [3.8, 4) is 0 Å². The van der Waals surface area contributed by atoms with Crippen LogP contribution in [-0.2, 0) is 45.6 Å². The molecule has 0 radical (unpaired) electrons. The van der Waals surface area contributed by atoms with Crippen LogP contribution in [0.2, 0.25) is 0 Å². The van der Waals surface area contributed by atoms with Gasteiger partial charge in [0.2, 0.25) is 0 Å². The van der Waals surface area contributed by atoms with E-state index in [4.69, 9.17) is 39.0 Å². The number of hydrogen-bond donors (Lipinski definition) is 0. The van der Waals surface area contributed by atoms with Crippen molar-refractivity contribution < 1.29 is 45.6 Å². The second kappa shape index (κ2) is 172. The minimum absolute atomic E-state index is 0. The monoisotopic (exact) mass is 878 g/mol. The maximum Gasteiger partial charge on any atom is 0.327 e. The maximum atomic E-state index is 9.92. The molecule has 0 aromatic carbocycles. The summed E-state index contributed by atoms with van der Waals surface area (Å²) in [6.45, 7) is 18.2. The number of rotatable bonds is 8. The van der Waals surface area contributed by atoms with E-state index in [1.807, 2.05) is 27.7 Å². The van der Waals surface area contributed by atoms with E-state index in [1.165, 1.54) is 6.42 Å². The van der Waals surface area contributed by atoms with Crippen LogP contribution in [0.4, 0.5) is 0 Å². The minimum atomic E-state index is -0.189. The fraction of sp³-hybridized carbons (Fsp3) is 1.00. The van der Waals surface area contributed by atoms with Gasteiger partial charge in [0, 0.05) is 44.6 Å². The van der Waals surface area contributed by atoms with Crippen LogP contribution in [0.15, 0.2) is 0 Å². The molecule has 0 fully saturated rings. The van der Waals surface area contributed by atoms with E-state index in [-0.39, 0.29) is 154 Å². The van der Waals surface area contributed by atoms with Gasteiger partial charge in [0.05, 0.1) is 6.61 Å². The Morgan fingerprint density at radius 1 is 0.511 bits per heavy atom. The van der Waals surface area contributed by atoms with Gasteiger partial charge in [-0.15, -0.1) is 11.6 Å². The third kappa shape index (κ3) is 651. The van der Waals surface area contributed by atoms with Gasteiger partial charge in [0.1, 0.15) is 5.62 Å². The lowest BCUT2D eigenvalue weighted by atomic mass is 10.3. The lowest BCUT2D eigenvalue weighted by Gasteiger charge is -2.01. The molecule has 0 bridgehead atoms. The zero-order valence-corrected chi connectivity index (χ0v) is 32.7. The van der Waals surface area contributed by atoms with E-state index in [1.54, 1.807) is 33.3 Å². The number of halogens is 1. The fourth-order valence-corrected chi connectivity index (χ4v) is 0.931. The first-order valence-corrected chi connectivity index (χ1v) is 20.8. The highest BCUT2D eigenvalue weighted by molar-refractivity contribution is 7.26. The summed E-state index contributed by atoms with van der Waals surface area (Å²) in [6.07, 6.45) is 5.19. The molecule has 0 saturated heterocycles. The van der Waals surface area contributed by atoms with Crippen LogP contribution in [0.3, 0.4) is 0 Å². The molecule has 0 unspecified atom stereocenters. The second-order valence-electron chi connectivity index (χ2n) is 5.89. The van der Waals surface area contributed by atoms with E-state index in [2.05, 4.69) is 11.4 Å². The molecule has 0 aromatic rings. The average molecular weight is 879 g/mol. The molecule has 10 nitrogen and oxygen atoms in total. The van der Waals surface area contributed by atoms with Gasteiger partial charge in [-0.3, -0.25) is 41.0 Å². The molecule has 0 rings (SSSR count). The van der Waals surface area contributed by atoms with E-state index >= 15 is 0 Å². The van der Waals surface area contributed by atoms with Crippen LogP contribution in [0.1, 0.15) is 127 Å². The third-order valence-electron chi connectivity index (χ3n) is 1.53. The summed E-state index contributed by atoms with van der Waals surface area (Å²) in [6, 6.07) is 0. The molecule has 0 atom stereocenters. The molecule has 0 heterocycles. The van der Waals surface area contributed by atoms with Crippen molar-refractivity contribution in [2.75, 3.05) is 51.7 Å². The molecule has 0 saturated carbocycles. The second-order valence-corrected chi connectivity index (χ2v) is 11.6. The van der Waals surface area contributed by atoms with Gasteiger partial charge in [0.15, 0.2) is 67.7 Å². The Morgan fingerprint density at radius 3 is 0.830 bits per heavy atom. The highest BCUT2D eigenvalue weighted by Gasteiger charge is 2.06. The SMILES string of the molecule is C.C.C.C.C.C.C.C.C.CC(C)(C)P=O.CCCCCOP=O.CCCP=O.CP=O.CP=O.CP=O.CP=O.CP=O.O=PCCl. The largest absolute Gasteiger partial charge is 0.327 e. The molecule has 0 amide bonds. The predicted molar refractivity (Wildman–Crippen MR) is 230 cm³/mol. The molecule has 0 N–H and O–H groups in total. The topological polar surface area (TPSA) is 163 Å². The first-order valence-electron chi connectivity index (χ1n) is 10.4. The van der Waals surface area contributed by atoms with Gasteiger partial charge in [-0.25, -0.2) is 4.57 Å². The Bertz CT molecular complexity index is 448. The van der Waals surface area contributed by atoms with Crippen LogP contribution in [0, 0.1) is 0 Å². The van der Waals surface area contributed by atoms with Crippen molar-refractivity contribution in [3.05, 3.63) is 0 Å². The fourth-order valence-electron chi connectivity index (χ4n) is 0.545. The summed E-state index contributed by atoms with van der Waals surface area (Å²) in [5.41, 5.74) is 0.208. The smallest absolute Gasteiger partial charge is 0.294 e. The van der Waals surface area contributed by atoms with E-state index < -0.39 is 0 Å². The summed E-state index contributed by atoms with van der Waals surface area (Å²) in [7, 11) is 1.16. The molecular formula is C27H80ClO10P9. The van der Waals surface area contributed by atoms with Crippen molar-refractivity contribution >= 4 is 88.0 Å². The quantitative estimate of drug-likeness (QED) is 0.130. The molecule has 300 valence electrons. The first-order chi connectivity index (χ1) is 17.9.